The van der Waals surface area contributed by atoms with Crippen LogP contribution in [0.25, 0.3) is 0 Å². The van der Waals surface area contributed by atoms with E-state index in [9.17, 15) is 9.59 Å². The molecule has 0 aliphatic heterocycles. The quantitative estimate of drug-likeness (QED) is 0.309. The summed E-state index contributed by atoms with van der Waals surface area (Å²) in [5.74, 6) is 0.270. The molecule has 0 radical (unpaired) electrons. The Hall–Kier alpha value is -1.61. The number of allylic oxidation sites excluding steroid dienone is 1. The summed E-state index contributed by atoms with van der Waals surface area (Å²) in [5, 5.41) is 3.52. The number of carbonyl (C=O) groups excluding carboxylic acids is 2. The number of aryl methyl sites for hydroxylation is 1. The van der Waals surface area contributed by atoms with Crippen molar-refractivity contribution in [3.63, 3.8) is 0 Å². The summed E-state index contributed by atoms with van der Waals surface area (Å²) in [6.45, 7) is 19.1. The van der Waals surface area contributed by atoms with Gasteiger partial charge in [-0.15, -0.1) is 6.58 Å². The number of Topliss-reactive ketones (excluding diaryl/α,β-unsaturated/α-hetero) is 1. The first kappa shape index (κ1) is 33.0. The van der Waals surface area contributed by atoms with E-state index < -0.39 is 0 Å². The Morgan fingerprint density at radius 2 is 1.60 bits per heavy atom. The van der Waals surface area contributed by atoms with Crippen molar-refractivity contribution in [3.05, 3.63) is 41.4 Å². The maximum Gasteiger partial charge on any atom is 0.226 e. The van der Waals surface area contributed by atoms with Crippen molar-refractivity contribution in [2.75, 3.05) is 5.32 Å². The Morgan fingerprint density at radius 3 is 2.07 bits per heavy atom. The van der Waals surface area contributed by atoms with Gasteiger partial charge in [0, 0.05) is 29.5 Å². The second-order valence-electron chi connectivity index (χ2n) is 7.06. The zero-order chi connectivity index (χ0) is 23.9. The molecule has 3 nitrogen and oxygen atoms in total. The van der Waals surface area contributed by atoms with E-state index in [4.69, 9.17) is 11.6 Å². The van der Waals surface area contributed by atoms with Crippen molar-refractivity contribution in [1.82, 2.24) is 0 Å². The van der Waals surface area contributed by atoms with Gasteiger partial charge in [0.2, 0.25) is 5.91 Å². The maximum absolute atomic E-state index is 11.7. The third-order valence-electron chi connectivity index (χ3n) is 3.56. The fraction of sp³-hybridized carbons (Fsp3) is 0.615. The van der Waals surface area contributed by atoms with Crippen LogP contribution in [0.1, 0.15) is 99.5 Å². The van der Waals surface area contributed by atoms with E-state index in [0.29, 0.717) is 23.6 Å². The average molecular weight is 440 g/mol. The van der Waals surface area contributed by atoms with Gasteiger partial charge in [-0.05, 0) is 49.9 Å². The van der Waals surface area contributed by atoms with Gasteiger partial charge in [0.05, 0.1) is 0 Å². The Kier molecular flexibility index (Phi) is 26.1. The van der Waals surface area contributed by atoms with Crippen LogP contribution in [0, 0.1) is 5.92 Å². The summed E-state index contributed by atoms with van der Waals surface area (Å²) < 4.78 is 0. The molecular weight excluding hydrogens is 394 g/mol. The number of unbranched alkanes of at least 4 members (excludes halogenated alkanes) is 2. The van der Waals surface area contributed by atoms with Crippen LogP contribution in [0.2, 0.25) is 5.02 Å². The number of amides is 1. The van der Waals surface area contributed by atoms with Gasteiger partial charge >= 0.3 is 0 Å². The SMILES string of the molecule is C=CC.CC.CCC.CCC(=O)CCCCCc1cc(Cl)cc(NC(=O)C(C)C)c1. The minimum absolute atomic E-state index is 0.00806. The van der Waals surface area contributed by atoms with E-state index in [2.05, 4.69) is 25.7 Å². The molecule has 0 aliphatic rings. The molecule has 1 N–H and O–H groups in total. The standard InChI is InChI=1S/C18H26ClNO2.C3H8.C3H6.C2H6/c1-4-17(21)9-7-5-6-8-14-10-15(19)12-16(11-14)20-18(22)13(2)3;2*1-3-2;1-2/h10-13H,4-9H2,1-3H3,(H,20,22);3H2,1-2H3;3H,1H2,2H3;1-2H3. The van der Waals surface area contributed by atoms with E-state index in [1.807, 2.05) is 53.7 Å². The number of nitrogens with one attached hydrogen (secondary N) is 1. The van der Waals surface area contributed by atoms with Crippen LogP contribution in [0.5, 0.6) is 0 Å². The fourth-order valence-electron chi connectivity index (χ4n) is 2.16. The highest BCUT2D eigenvalue weighted by Crippen LogP contribution is 2.21. The zero-order valence-corrected chi connectivity index (χ0v) is 21.5. The normalized spacial score (nSPS) is 9.13. The molecule has 30 heavy (non-hydrogen) atoms. The van der Waals surface area contributed by atoms with E-state index in [1.165, 1.54) is 6.42 Å². The molecule has 0 fully saturated rings. The van der Waals surface area contributed by atoms with E-state index in [0.717, 1.165) is 36.9 Å². The topological polar surface area (TPSA) is 46.2 Å². The molecule has 1 amide bonds. The van der Waals surface area contributed by atoms with E-state index in [-0.39, 0.29) is 11.8 Å². The summed E-state index contributed by atoms with van der Waals surface area (Å²) in [4.78, 5) is 23.0. The molecule has 4 heteroatoms. The second kappa shape index (κ2) is 23.7. The van der Waals surface area contributed by atoms with Crippen LogP contribution >= 0.6 is 11.6 Å². The first-order chi connectivity index (χ1) is 14.2. The molecule has 0 spiro atoms. The third kappa shape index (κ3) is 21.1. The van der Waals surface area contributed by atoms with Gasteiger partial charge in [0.25, 0.3) is 0 Å². The number of carbonyl (C=O) groups is 2. The minimum Gasteiger partial charge on any atom is -0.326 e. The number of halogens is 1. The Labute approximate surface area is 191 Å². The lowest BCUT2D eigenvalue weighted by molar-refractivity contribution is -0.119. The molecule has 0 aromatic heterocycles. The van der Waals surface area contributed by atoms with Crippen molar-refractivity contribution >= 4 is 29.0 Å². The van der Waals surface area contributed by atoms with E-state index >= 15 is 0 Å². The molecular formula is C26H46ClNO2. The van der Waals surface area contributed by atoms with Crippen LogP contribution in [-0.2, 0) is 16.0 Å². The van der Waals surface area contributed by atoms with Crippen molar-refractivity contribution in [3.8, 4) is 0 Å². The highest BCUT2D eigenvalue weighted by atomic mass is 35.5. The lowest BCUT2D eigenvalue weighted by Gasteiger charge is -2.10. The van der Waals surface area contributed by atoms with Gasteiger partial charge in [0.15, 0.2) is 0 Å². The molecule has 0 atom stereocenters. The molecule has 1 rings (SSSR count). The predicted molar refractivity (Wildman–Crippen MR) is 136 cm³/mol. The molecule has 0 heterocycles. The maximum atomic E-state index is 11.7. The number of rotatable bonds is 9. The second-order valence-corrected chi connectivity index (χ2v) is 7.50. The summed E-state index contributed by atoms with van der Waals surface area (Å²) in [7, 11) is 0. The summed E-state index contributed by atoms with van der Waals surface area (Å²) in [5.41, 5.74) is 1.87. The minimum atomic E-state index is -0.0569. The molecule has 0 saturated carbocycles. The smallest absolute Gasteiger partial charge is 0.226 e. The lowest BCUT2D eigenvalue weighted by Crippen LogP contribution is -2.17. The average Bonchev–Trinajstić information content (AvgIpc) is 2.69. The van der Waals surface area contributed by atoms with Crippen molar-refractivity contribution in [2.24, 2.45) is 5.92 Å². The van der Waals surface area contributed by atoms with Gasteiger partial charge in [-0.25, -0.2) is 0 Å². The number of anilines is 1. The zero-order valence-electron chi connectivity index (χ0n) is 20.7. The molecule has 0 aliphatic carbocycles. The molecule has 0 saturated heterocycles. The van der Waals surface area contributed by atoms with Crippen LogP contribution in [-0.4, -0.2) is 11.7 Å². The fourth-order valence-corrected chi connectivity index (χ4v) is 2.42. The molecule has 1 aromatic rings. The first-order valence-electron chi connectivity index (χ1n) is 11.4. The van der Waals surface area contributed by atoms with Gasteiger partial charge in [-0.3, -0.25) is 9.59 Å². The predicted octanol–water partition coefficient (Wildman–Crippen LogP) is 8.65. The monoisotopic (exact) mass is 439 g/mol. The molecule has 0 unspecified atom stereocenters. The summed E-state index contributed by atoms with van der Waals surface area (Å²) in [6.07, 6.45) is 8.23. The van der Waals surface area contributed by atoms with Crippen LogP contribution in [0.4, 0.5) is 5.69 Å². The van der Waals surface area contributed by atoms with Crippen molar-refractivity contribution < 1.29 is 9.59 Å². The lowest BCUT2D eigenvalue weighted by atomic mass is 10.0. The van der Waals surface area contributed by atoms with Crippen LogP contribution in [0.3, 0.4) is 0 Å². The number of benzene rings is 1. The van der Waals surface area contributed by atoms with E-state index in [1.54, 1.807) is 12.1 Å². The number of ketones is 1. The van der Waals surface area contributed by atoms with Gasteiger partial charge in [-0.2, -0.15) is 0 Å². The molecule has 0 bridgehead atoms. The van der Waals surface area contributed by atoms with Gasteiger partial charge < -0.3 is 5.32 Å². The van der Waals surface area contributed by atoms with Crippen LogP contribution in [0.15, 0.2) is 30.9 Å². The number of hydrogen-bond acceptors (Lipinski definition) is 2. The summed E-state index contributed by atoms with van der Waals surface area (Å²) >= 11 is 6.12. The highest BCUT2D eigenvalue weighted by molar-refractivity contribution is 6.31. The molecule has 174 valence electrons. The van der Waals surface area contributed by atoms with Crippen LogP contribution < -0.4 is 5.32 Å². The van der Waals surface area contributed by atoms with Crippen molar-refractivity contribution in [1.29, 1.82) is 0 Å². The third-order valence-corrected chi connectivity index (χ3v) is 3.78. The number of hydrogen-bond donors (Lipinski definition) is 1. The Morgan fingerprint density at radius 1 is 1.07 bits per heavy atom. The van der Waals surface area contributed by atoms with Gasteiger partial charge in [0.1, 0.15) is 5.78 Å². The van der Waals surface area contributed by atoms with Gasteiger partial charge in [-0.1, -0.05) is 79.0 Å². The largest absolute Gasteiger partial charge is 0.326 e. The highest BCUT2D eigenvalue weighted by Gasteiger charge is 2.08. The van der Waals surface area contributed by atoms with Crippen molar-refractivity contribution in [2.45, 2.75) is 100 Å². The Bertz CT molecular complexity index is 568. The first-order valence-corrected chi connectivity index (χ1v) is 11.8. The Balaban J connectivity index is -0.000000792. The summed E-state index contributed by atoms with van der Waals surface area (Å²) in [6, 6.07) is 5.68. The molecule has 1 aromatic carbocycles.